The predicted octanol–water partition coefficient (Wildman–Crippen LogP) is 2.40. The topological polar surface area (TPSA) is 72.5 Å². The second-order valence-electron chi connectivity index (χ2n) is 4.88. The summed E-state index contributed by atoms with van der Waals surface area (Å²) in [6, 6.07) is 10.0. The van der Waals surface area contributed by atoms with Crippen molar-refractivity contribution in [2.24, 2.45) is 0 Å². The van der Waals surface area contributed by atoms with Crippen LogP contribution in [0.15, 0.2) is 47.4 Å². The number of rotatable bonds is 5. The average Bonchev–Trinajstić information content (AvgIpc) is 2.53. The van der Waals surface area contributed by atoms with Crippen LogP contribution in [-0.4, -0.2) is 21.5 Å². The Hall–Kier alpha value is -2.25. The molecule has 0 heterocycles. The molecule has 0 saturated carbocycles. The summed E-state index contributed by atoms with van der Waals surface area (Å²) in [7, 11) is -2.66. The largest absolute Gasteiger partial charge is 0.465 e. The van der Waals surface area contributed by atoms with Gasteiger partial charge in [-0.15, -0.1) is 0 Å². The van der Waals surface area contributed by atoms with Crippen LogP contribution in [0, 0.1) is 12.7 Å². The summed E-state index contributed by atoms with van der Waals surface area (Å²) in [4.78, 5) is 11.6. The Morgan fingerprint density at radius 2 is 1.91 bits per heavy atom. The maximum atomic E-state index is 13.5. The number of ether oxygens (including phenoxy) is 1. The summed E-state index contributed by atoms with van der Waals surface area (Å²) >= 11 is 0. The Kier molecular flexibility index (Phi) is 5.12. The van der Waals surface area contributed by atoms with Gasteiger partial charge in [-0.2, -0.15) is 0 Å². The number of hydrogen-bond acceptors (Lipinski definition) is 4. The fourth-order valence-electron chi connectivity index (χ4n) is 2.00. The highest BCUT2D eigenvalue weighted by atomic mass is 32.2. The fraction of sp³-hybridized carbons (Fsp3) is 0.188. The van der Waals surface area contributed by atoms with Crippen molar-refractivity contribution in [1.29, 1.82) is 0 Å². The third kappa shape index (κ3) is 3.94. The first-order valence-corrected chi connectivity index (χ1v) is 8.25. The van der Waals surface area contributed by atoms with Gasteiger partial charge in [0, 0.05) is 12.1 Å². The molecule has 2 rings (SSSR count). The first-order valence-electron chi connectivity index (χ1n) is 6.77. The third-order valence-electron chi connectivity index (χ3n) is 3.34. The van der Waals surface area contributed by atoms with Crippen LogP contribution in [0.25, 0.3) is 0 Å². The number of sulfonamides is 1. The molecule has 5 nitrogen and oxygen atoms in total. The van der Waals surface area contributed by atoms with Crippen LogP contribution in [0.2, 0.25) is 0 Å². The minimum atomic E-state index is -3.88. The van der Waals surface area contributed by atoms with Crippen LogP contribution in [0.1, 0.15) is 21.5 Å². The number of esters is 1. The summed E-state index contributed by atoms with van der Waals surface area (Å²) in [6.45, 7) is 1.49. The quantitative estimate of drug-likeness (QED) is 0.851. The molecule has 1 N–H and O–H groups in total. The lowest BCUT2D eigenvalue weighted by Gasteiger charge is -2.10. The van der Waals surface area contributed by atoms with E-state index in [1.807, 2.05) is 0 Å². The molecule has 0 aliphatic rings. The minimum absolute atomic E-state index is 0.0835. The number of carbonyl (C=O) groups is 1. The molecule has 0 aliphatic carbocycles. The SMILES string of the molecule is COC(=O)c1cc(S(=O)(=O)NCc2ccccc2F)ccc1C. The van der Waals surface area contributed by atoms with Crippen LogP contribution in [0.3, 0.4) is 0 Å². The summed E-state index contributed by atoms with van der Waals surface area (Å²) in [5, 5.41) is 0. The van der Waals surface area contributed by atoms with Gasteiger partial charge in [0.1, 0.15) is 5.82 Å². The molecule has 122 valence electrons. The first-order chi connectivity index (χ1) is 10.8. The molecule has 0 fully saturated rings. The van der Waals surface area contributed by atoms with Gasteiger partial charge in [-0.25, -0.2) is 22.3 Å². The summed E-state index contributed by atoms with van der Waals surface area (Å²) in [6.07, 6.45) is 0. The van der Waals surface area contributed by atoms with Gasteiger partial charge in [0.25, 0.3) is 0 Å². The first kappa shape index (κ1) is 17.1. The second kappa shape index (κ2) is 6.89. The number of carbonyl (C=O) groups excluding carboxylic acids is 1. The van der Waals surface area contributed by atoms with Crippen LogP contribution in [0.4, 0.5) is 4.39 Å². The molecule has 0 amide bonds. The van der Waals surface area contributed by atoms with Crippen molar-refractivity contribution in [3.63, 3.8) is 0 Å². The minimum Gasteiger partial charge on any atom is -0.465 e. The Morgan fingerprint density at radius 3 is 2.57 bits per heavy atom. The van der Waals surface area contributed by atoms with E-state index in [-0.39, 0.29) is 22.6 Å². The molecule has 0 unspecified atom stereocenters. The number of methoxy groups -OCH3 is 1. The number of aryl methyl sites for hydroxylation is 1. The molecule has 0 aromatic heterocycles. The van der Waals surface area contributed by atoms with E-state index in [1.54, 1.807) is 13.0 Å². The molecular weight excluding hydrogens is 321 g/mol. The Balaban J connectivity index is 2.26. The van der Waals surface area contributed by atoms with E-state index >= 15 is 0 Å². The highest BCUT2D eigenvalue weighted by Crippen LogP contribution is 2.17. The summed E-state index contributed by atoms with van der Waals surface area (Å²) in [5.41, 5.74) is 1.00. The van der Waals surface area contributed by atoms with E-state index in [1.165, 1.54) is 43.5 Å². The van der Waals surface area contributed by atoms with Crippen LogP contribution in [0.5, 0.6) is 0 Å². The zero-order valence-corrected chi connectivity index (χ0v) is 13.5. The lowest BCUT2D eigenvalue weighted by molar-refractivity contribution is 0.0599. The maximum absolute atomic E-state index is 13.5. The molecule has 2 aromatic rings. The summed E-state index contributed by atoms with van der Waals surface area (Å²) < 4.78 is 45.1. The predicted molar refractivity (Wildman–Crippen MR) is 82.9 cm³/mol. The van der Waals surface area contributed by atoms with Crippen LogP contribution in [-0.2, 0) is 21.3 Å². The van der Waals surface area contributed by atoms with Gasteiger partial charge in [-0.1, -0.05) is 24.3 Å². The molecule has 0 atom stereocenters. The molecule has 0 aliphatic heterocycles. The van der Waals surface area contributed by atoms with Gasteiger partial charge >= 0.3 is 5.97 Å². The highest BCUT2D eigenvalue weighted by molar-refractivity contribution is 7.89. The van der Waals surface area contributed by atoms with Crippen molar-refractivity contribution < 1.29 is 22.3 Å². The molecular formula is C16H16FNO4S. The van der Waals surface area contributed by atoms with Gasteiger partial charge in [-0.05, 0) is 30.7 Å². The fourth-order valence-corrected chi connectivity index (χ4v) is 3.03. The van der Waals surface area contributed by atoms with Gasteiger partial charge in [0.05, 0.1) is 17.6 Å². The molecule has 0 spiro atoms. The molecule has 23 heavy (non-hydrogen) atoms. The van der Waals surface area contributed by atoms with Crippen molar-refractivity contribution >= 4 is 16.0 Å². The molecule has 2 aromatic carbocycles. The monoisotopic (exact) mass is 337 g/mol. The van der Waals surface area contributed by atoms with E-state index in [0.717, 1.165) is 0 Å². The van der Waals surface area contributed by atoms with Gasteiger partial charge in [0.15, 0.2) is 0 Å². The standard InChI is InChI=1S/C16H16FNO4S/c1-11-7-8-13(9-14(11)16(19)22-2)23(20,21)18-10-12-5-3-4-6-15(12)17/h3-9,18H,10H2,1-2H3. The van der Waals surface area contributed by atoms with Crippen molar-refractivity contribution in [3.8, 4) is 0 Å². The highest BCUT2D eigenvalue weighted by Gasteiger charge is 2.18. The second-order valence-corrected chi connectivity index (χ2v) is 6.65. The average molecular weight is 337 g/mol. The van der Waals surface area contributed by atoms with Crippen molar-refractivity contribution in [3.05, 3.63) is 65.0 Å². The normalized spacial score (nSPS) is 11.3. The van der Waals surface area contributed by atoms with Crippen molar-refractivity contribution in [2.75, 3.05) is 7.11 Å². The number of halogens is 1. The van der Waals surface area contributed by atoms with E-state index in [9.17, 15) is 17.6 Å². The third-order valence-corrected chi connectivity index (χ3v) is 4.73. The zero-order chi connectivity index (χ0) is 17.0. The molecule has 0 saturated heterocycles. The molecule has 0 radical (unpaired) electrons. The maximum Gasteiger partial charge on any atom is 0.338 e. The van der Waals surface area contributed by atoms with Gasteiger partial charge in [0.2, 0.25) is 10.0 Å². The lowest BCUT2D eigenvalue weighted by atomic mass is 10.1. The molecule has 0 bridgehead atoms. The van der Waals surface area contributed by atoms with E-state index in [0.29, 0.717) is 5.56 Å². The summed E-state index contributed by atoms with van der Waals surface area (Å²) in [5.74, 6) is -1.11. The van der Waals surface area contributed by atoms with Gasteiger partial charge in [-0.3, -0.25) is 0 Å². The number of hydrogen-bond donors (Lipinski definition) is 1. The number of nitrogens with one attached hydrogen (secondary N) is 1. The van der Waals surface area contributed by atoms with Crippen molar-refractivity contribution in [1.82, 2.24) is 4.72 Å². The molecule has 7 heteroatoms. The Bertz CT molecular complexity index is 834. The Morgan fingerprint density at radius 1 is 1.22 bits per heavy atom. The van der Waals surface area contributed by atoms with Gasteiger partial charge < -0.3 is 4.74 Å². The van der Waals surface area contributed by atoms with Crippen molar-refractivity contribution in [2.45, 2.75) is 18.4 Å². The Labute approximate surface area is 134 Å². The van der Waals surface area contributed by atoms with E-state index in [4.69, 9.17) is 0 Å². The zero-order valence-electron chi connectivity index (χ0n) is 12.7. The smallest absolute Gasteiger partial charge is 0.338 e. The van der Waals surface area contributed by atoms with E-state index in [2.05, 4.69) is 9.46 Å². The number of benzene rings is 2. The lowest BCUT2D eigenvalue weighted by Crippen LogP contribution is -2.24. The van der Waals surface area contributed by atoms with E-state index < -0.39 is 21.8 Å². The van der Waals surface area contributed by atoms with Crippen LogP contribution >= 0.6 is 0 Å². The van der Waals surface area contributed by atoms with Crippen LogP contribution < -0.4 is 4.72 Å².